The number of hydrogen-bond donors (Lipinski definition) is 2. The number of carbonyl (C=O) groups is 2. The van der Waals surface area contributed by atoms with Crippen molar-refractivity contribution in [2.45, 2.75) is 13.2 Å². The van der Waals surface area contributed by atoms with Crippen molar-refractivity contribution in [3.8, 4) is 22.9 Å². The number of urea groups is 1. The molecular formula is C21H16F4N4O5. The van der Waals surface area contributed by atoms with Crippen LogP contribution in [0.1, 0.15) is 10.4 Å². The lowest BCUT2D eigenvalue weighted by atomic mass is 9.98. The molecule has 1 aromatic heterocycles. The van der Waals surface area contributed by atoms with E-state index in [1.165, 1.54) is 13.2 Å². The third kappa shape index (κ3) is 6.31. The third-order valence-electron chi connectivity index (χ3n) is 4.12. The number of nitrogens with zero attached hydrogens (tertiary/aromatic N) is 2. The number of aromatic nitrogens is 2. The predicted octanol–water partition coefficient (Wildman–Crippen LogP) is 4.78. The highest BCUT2D eigenvalue weighted by atomic mass is 19.3. The summed E-state index contributed by atoms with van der Waals surface area (Å²) in [5.41, 5.74) is 1.41. The van der Waals surface area contributed by atoms with Crippen LogP contribution < -0.4 is 20.1 Å². The van der Waals surface area contributed by atoms with Crippen LogP contribution in [0.15, 0.2) is 54.6 Å². The largest absolute Gasteiger partial charge is 0.465 e. The smallest absolute Gasteiger partial charge is 0.388 e. The molecule has 0 radical (unpaired) electrons. The summed E-state index contributed by atoms with van der Waals surface area (Å²) in [5, 5.41) is 4.63. The molecule has 178 valence electrons. The molecule has 9 nitrogen and oxygen atoms in total. The minimum Gasteiger partial charge on any atom is -0.465 e. The first kappa shape index (κ1) is 24.2. The number of benzene rings is 2. The van der Waals surface area contributed by atoms with E-state index in [1.807, 2.05) is 0 Å². The standard InChI is InChI=1S/C21H16F4N4O5/c1-32-17(30)13-8-3-2-6-11(13)12-7-4-5-9-14(12)26-21(31)29-20-27-15(33-18(22)23)10-16(28-20)34-19(24)25/h2-10,18-19H,1H3,(H2,26,27,28,29,31). The summed E-state index contributed by atoms with van der Waals surface area (Å²) in [7, 11) is 1.23. The van der Waals surface area contributed by atoms with Gasteiger partial charge < -0.3 is 19.5 Å². The fraction of sp³-hybridized carbons (Fsp3) is 0.143. The lowest BCUT2D eigenvalue weighted by molar-refractivity contribution is -0.0579. The van der Waals surface area contributed by atoms with Gasteiger partial charge >= 0.3 is 25.2 Å². The Labute approximate surface area is 189 Å². The van der Waals surface area contributed by atoms with Gasteiger partial charge in [-0.2, -0.15) is 27.5 Å². The zero-order valence-corrected chi connectivity index (χ0v) is 17.3. The fourth-order valence-electron chi connectivity index (χ4n) is 2.85. The van der Waals surface area contributed by atoms with Gasteiger partial charge in [0, 0.05) is 5.56 Å². The highest BCUT2D eigenvalue weighted by Crippen LogP contribution is 2.31. The van der Waals surface area contributed by atoms with Crippen molar-refractivity contribution >= 4 is 23.6 Å². The molecule has 2 N–H and O–H groups in total. The zero-order valence-electron chi connectivity index (χ0n) is 17.3. The van der Waals surface area contributed by atoms with Crippen LogP contribution in [-0.4, -0.2) is 42.3 Å². The van der Waals surface area contributed by atoms with Gasteiger partial charge in [-0.25, -0.2) is 9.59 Å². The number of carbonyl (C=O) groups excluding carboxylic acids is 2. The number of rotatable bonds is 8. The molecule has 1 heterocycles. The molecule has 34 heavy (non-hydrogen) atoms. The molecule has 3 aromatic rings. The van der Waals surface area contributed by atoms with Gasteiger partial charge in [0.05, 0.1) is 24.4 Å². The summed E-state index contributed by atoms with van der Waals surface area (Å²) in [5.74, 6) is -2.84. The minimum atomic E-state index is -3.31. The van der Waals surface area contributed by atoms with Crippen LogP contribution in [-0.2, 0) is 4.74 Å². The molecule has 0 atom stereocenters. The highest BCUT2D eigenvalue weighted by molar-refractivity contribution is 6.04. The van der Waals surface area contributed by atoms with E-state index < -0.39 is 42.9 Å². The van der Waals surface area contributed by atoms with Gasteiger partial charge in [-0.3, -0.25) is 5.32 Å². The van der Waals surface area contributed by atoms with Crippen molar-refractivity contribution in [2.75, 3.05) is 17.7 Å². The van der Waals surface area contributed by atoms with Crippen LogP contribution in [0.2, 0.25) is 0 Å². The molecule has 0 fully saturated rings. The SMILES string of the molecule is COC(=O)c1ccccc1-c1ccccc1NC(=O)Nc1nc(OC(F)F)cc(OC(F)F)n1. The number of esters is 1. The lowest BCUT2D eigenvalue weighted by Crippen LogP contribution is -2.22. The van der Waals surface area contributed by atoms with Gasteiger partial charge in [-0.15, -0.1) is 0 Å². The normalized spacial score (nSPS) is 10.7. The molecule has 0 aliphatic heterocycles. The van der Waals surface area contributed by atoms with E-state index in [0.717, 1.165) is 0 Å². The molecule has 0 bridgehead atoms. The Kier molecular flexibility index (Phi) is 7.79. The van der Waals surface area contributed by atoms with E-state index in [0.29, 0.717) is 17.2 Å². The number of hydrogen-bond acceptors (Lipinski definition) is 7. The molecule has 13 heteroatoms. The van der Waals surface area contributed by atoms with Crippen LogP contribution >= 0.6 is 0 Å². The van der Waals surface area contributed by atoms with Crippen LogP contribution in [0.4, 0.5) is 34.0 Å². The van der Waals surface area contributed by atoms with Gasteiger partial charge in [0.1, 0.15) is 0 Å². The first-order valence-electron chi connectivity index (χ1n) is 9.40. The summed E-state index contributed by atoms with van der Waals surface area (Å²) in [6.45, 7) is -6.62. The first-order valence-corrected chi connectivity index (χ1v) is 9.40. The molecule has 0 saturated carbocycles. The summed E-state index contributed by atoms with van der Waals surface area (Å²) in [4.78, 5) is 31.7. The van der Waals surface area contributed by atoms with Gasteiger partial charge in [0.2, 0.25) is 17.7 Å². The van der Waals surface area contributed by atoms with Crippen LogP contribution in [0, 0.1) is 0 Å². The molecule has 0 spiro atoms. The minimum absolute atomic E-state index is 0.244. The van der Waals surface area contributed by atoms with Crippen molar-refractivity contribution in [3.05, 3.63) is 60.2 Å². The molecule has 2 amide bonds. The molecule has 2 aromatic carbocycles. The Balaban J connectivity index is 1.87. The molecule has 0 aliphatic carbocycles. The maximum atomic E-state index is 12.5. The summed E-state index contributed by atoms with van der Waals surface area (Å²) in [6.07, 6.45) is 0. The first-order chi connectivity index (χ1) is 16.3. The fourth-order valence-corrected chi connectivity index (χ4v) is 2.85. The molecule has 3 rings (SSSR count). The van der Waals surface area contributed by atoms with Crippen molar-refractivity contribution in [2.24, 2.45) is 0 Å². The van der Waals surface area contributed by atoms with Crippen LogP contribution in [0.3, 0.4) is 0 Å². The summed E-state index contributed by atoms with van der Waals surface area (Å²) >= 11 is 0. The number of halogens is 4. The number of alkyl halides is 4. The average molecular weight is 480 g/mol. The Morgan fingerprint density at radius 3 is 1.97 bits per heavy atom. The molecular weight excluding hydrogens is 464 g/mol. The topological polar surface area (TPSA) is 112 Å². The zero-order chi connectivity index (χ0) is 24.7. The molecule has 0 saturated heterocycles. The third-order valence-corrected chi connectivity index (χ3v) is 4.12. The van der Waals surface area contributed by atoms with Gasteiger partial charge in [0.25, 0.3) is 0 Å². The van der Waals surface area contributed by atoms with Crippen molar-refractivity contribution in [1.82, 2.24) is 9.97 Å². The number of nitrogens with one attached hydrogen (secondary N) is 2. The monoisotopic (exact) mass is 480 g/mol. The number of amides is 2. The quantitative estimate of drug-likeness (QED) is 0.353. The van der Waals surface area contributed by atoms with E-state index in [1.54, 1.807) is 42.5 Å². The van der Waals surface area contributed by atoms with Crippen molar-refractivity contribution < 1.29 is 41.4 Å². The maximum Gasteiger partial charge on any atom is 0.388 e. The van der Waals surface area contributed by atoms with E-state index in [4.69, 9.17) is 4.74 Å². The van der Waals surface area contributed by atoms with Crippen molar-refractivity contribution in [3.63, 3.8) is 0 Å². The maximum absolute atomic E-state index is 12.5. The second-order valence-electron chi connectivity index (χ2n) is 6.29. The number of ether oxygens (including phenoxy) is 3. The Bertz CT molecular complexity index is 1150. The number of para-hydroxylation sites is 1. The second kappa shape index (κ2) is 10.9. The predicted molar refractivity (Wildman–Crippen MR) is 111 cm³/mol. The van der Waals surface area contributed by atoms with E-state index >= 15 is 0 Å². The second-order valence-corrected chi connectivity index (χ2v) is 6.29. The number of methoxy groups -OCH3 is 1. The van der Waals surface area contributed by atoms with E-state index in [9.17, 15) is 27.2 Å². The average Bonchev–Trinajstić information content (AvgIpc) is 2.77. The Morgan fingerprint density at radius 1 is 0.824 bits per heavy atom. The number of anilines is 2. The van der Waals surface area contributed by atoms with Gasteiger partial charge in [-0.05, 0) is 17.7 Å². The van der Waals surface area contributed by atoms with Crippen molar-refractivity contribution in [1.29, 1.82) is 0 Å². The van der Waals surface area contributed by atoms with E-state index in [2.05, 4.69) is 30.1 Å². The molecule has 0 aliphatic rings. The summed E-state index contributed by atoms with van der Waals surface area (Å²) < 4.78 is 63.0. The Morgan fingerprint density at radius 2 is 1.38 bits per heavy atom. The highest BCUT2D eigenvalue weighted by Gasteiger charge is 2.18. The Hall–Kier alpha value is -4.42. The van der Waals surface area contributed by atoms with Gasteiger partial charge in [0.15, 0.2) is 0 Å². The van der Waals surface area contributed by atoms with Crippen LogP contribution in [0.5, 0.6) is 11.8 Å². The van der Waals surface area contributed by atoms with E-state index in [-0.39, 0.29) is 11.3 Å². The molecule has 0 unspecified atom stereocenters. The lowest BCUT2D eigenvalue weighted by Gasteiger charge is -2.14. The van der Waals surface area contributed by atoms with Crippen LogP contribution in [0.25, 0.3) is 11.1 Å². The summed E-state index contributed by atoms with van der Waals surface area (Å²) in [6, 6.07) is 12.6. The van der Waals surface area contributed by atoms with Gasteiger partial charge in [-0.1, -0.05) is 36.4 Å².